The van der Waals surface area contributed by atoms with Gasteiger partial charge in [0.15, 0.2) is 11.7 Å². The maximum absolute atomic E-state index is 12.7. The minimum absolute atomic E-state index is 0.184. The lowest BCUT2D eigenvalue weighted by Gasteiger charge is -2.10. The normalized spacial score (nSPS) is 14.4. The molecule has 0 saturated carbocycles. The van der Waals surface area contributed by atoms with Crippen LogP contribution in [0.1, 0.15) is 53.4 Å². The van der Waals surface area contributed by atoms with Crippen molar-refractivity contribution in [1.82, 2.24) is 9.97 Å². The summed E-state index contributed by atoms with van der Waals surface area (Å²) in [6.07, 6.45) is 5.83. The molecule has 0 spiro atoms. The van der Waals surface area contributed by atoms with Gasteiger partial charge in [-0.05, 0) is 49.7 Å². The number of rotatable bonds is 6. The third-order valence-electron chi connectivity index (χ3n) is 5.30. The van der Waals surface area contributed by atoms with Crippen LogP contribution in [-0.2, 0) is 24.1 Å². The standard InChI is InChI=1S/C22H21N3O2S/c23-13-16(17(26)11-6-9-14-7-2-1-3-8-14)20-24-21(27)19-15-10-4-5-12-18(15)28-22(19)25-20/h1-3,7-8,16H,4-6,9-12H2,(H,24,25,27). The van der Waals surface area contributed by atoms with Crippen LogP contribution in [0.25, 0.3) is 10.2 Å². The number of nitrogens with zero attached hydrogens (tertiary/aromatic N) is 2. The number of Topliss-reactive ketones (excluding diaryl/α,β-unsaturated/α-hetero) is 1. The van der Waals surface area contributed by atoms with Crippen molar-refractivity contribution in [3.8, 4) is 6.07 Å². The largest absolute Gasteiger partial charge is 0.308 e. The number of nitrogens with one attached hydrogen (secondary N) is 1. The Morgan fingerprint density at radius 3 is 2.82 bits per heavy atom. The molecule has 0 amide bonds. The molecule has 1 aromatic carbocycles. The molecule has 1 atom stereocenters. The number of fused-ring (bicyclic) bond motifs is 3. The zero-order valence-corrected chi connectivity index (χ0v) is 16.3. The molecule has 1 N–H and O–H groups in total. The number of aryl methyl sites for hydroxylation is 3. The lowest BCUT2D eigenvalue weighted by molar-refractivity contribution is -0.119. The Labute approximate surface area is 167 Å². The molecule has 142 valence electrons. The van der Waals surface area contributed by atoms with E-state index in [0.717, 1.165) is 37.7 Å². The summed E-state index contributed by atoms with van der Waals surface area (Å²) in [7, 11) is 0. The van der Waals surface area contributed by atoms with Gasteiger partial charge in [0.2, 0.25) is 0 Å². The van der Waals surface area contributed by atoms with Crippen LogP contribution in [0, 0.1) is 11.3 Å². The van der Waals surface area contributed by atoms with Crippen molar-refractivity contribution < 1.29 is 4.79 Å². The summed E-state index contributed by atoms with van der Waals surface area (Å²) < 4.78 is 0. The van der Waals surface area contributed by atoms with Crippen LogP contribution in [0.15, 0.2) is 35.1 Å². The van der Waals surface area contributed by atoms with E-state index in [2.05, 4.69) is 9.97 Å². The Morgan fingerprint density at radius 2 is 2.04 bits per heavy atom. The van der Waals surface area contributed by atoms with Gasteiger partial charge in [0.25, 0.3) is 5.56 Å². The second kappa shape index (κ2) is 8.07. The smallest absolute Gasteiger partial charge is 0.259 e. The lowest BCUT2D eigenvalue weighted by atomic mass is 9.96. The van der Waals surface area contributed by atoms with Crippen molar-refractivity contribution in [2.75, 3.05) is 0 Å². The van der Waals surface area contributed by atoms with Gasteiger partial charge in [-0.25, -0.2) is 4.98 Å². The minimum Gasteiger partial charge on any atom is -0.308 e. The maximum atomic E-state index is 12.7. The Kier molecular flexibility index (Phi) is 5.36. The fourth-order valence-electron chi connectivity index (χ4n) is 3.86. The fourth-order valence-corrected chi connectivity index (χ4v) is 5.13. The van der Waals surface area contributed by atoms with Crippen molar-refractivity contribution in [3.05, 3.63) is 62.5 Å². The van der Waals surface area contributed by atoms with Gasteiger partial charge in [-0.2, -0.15) is 5.26 Å². The van der Waals surface area contributed by atoms with E-state index in [-0.39, 0.29) is 23.6 Å². The first-order valence-electron chi connectivity index (χ1n) is 9.68. The Balaban J connectivity index is 1.54. The van der Waals surface area contributed by atoms with Crippen molar-refractivity contribution in [2.24, 2.45) is 0 Å². The van der Waals surface area contributed by atoms with Gasteiger partial charge >= 0.3 is 0 Å². The molecule has 0 bridgehead atoms. The molecule has 1 aliphatic rings. The van der Waals surface area contributed by atoms with E-state index in [4.69, 9.17) is 0 Å². The van der Waals surface area contributed by atoms with Gasteiger partial charge in [-0.1, -0.05) is 30.3 Å². The fraction of sp³-hybridized carbons (Fsp3) is 0.364. The summed E-state index contributed by atoms with van der Waals surface area (Å²) in [5, 5.41) is 10.2. The number of carbonyl (C=O) groups is 1. The van der Waals surface area contributed by atoms with E-state index in [0.29, 0.717) is 16.6 Å². The van der Waals surface area contributed by atoms with Crippen LogP contribution in [0.2, 0.25) is 0 Å². The third kappa shape index (κ3) is 3.63. The molecule has 6 heteroatoms. The summed E-state index contributed by atoms with van der Waals surface area (Å²) >= 11 is 1.53. The first-order chi connectivity index (χ1) is 13.7. The Hall–Kier alpha value is -2.78. The molecular formula is C22H21N3O2S. The number of carbonyl (C=O) groups excluding carboxylic acids is 1. The van der Waals surface area contributed by atoms with Crippen LogP contribution < -0.4 is 5.56 Å². The Morgan fingerprint density at radius 1 is 1.25 bits per heavy atom. The molecule has 28 heavy (non-hydrogen) atoms. The van der Waals surface area contributed by atoms with Gasteiger partial charge in [-0.3, -0.25) is 9.59 Å². The predicted molar refractivity (Wildman–Crippen MR) is 110 cm³/mol. The second-order valence-corrected chi connectivity index (χ2v) is 8.29. The number of benzene rings is 1. The summed E-state index contributed by atoms with van der Waals surface area (Å²) in [4.78, 5) is 34.4. The van der Waals surface area contributed by atoms with E-state index in [9.17, 15) is 14.9 Å². The number of hydrogen-bond donors (Lipinski definition) is 1. The molecule has 0 fully saturated rings. The lowest BCUT2D eigenvalue weighted by Crippen LogP contribution is -2.19. The van der Waals surface area contributed by atoms with Gasteiger partial charge in [0, 0.05) is 11.3 Å². The molecule has 0 radical (unpaired) electrons. The summed E-state index contributed by atoms with van der Waals surface area (Å²) in [5.74, 6) is -1.03. The first-order valence-corrected chi connectivity index (χ1v) is 10.5. The maximum Gasteiger partial charge on any atom is 0.259 e. The first kappa shape index (κ1) is 18.6. The van der Waals surface area contributed by atoms with Crippen LogP contribution in [0.4, 0.5) is 0 Å². The molecule has 1 unspecified atom stereocenters. The summed E-state index contributed by atoms with van der Waals surface area (Å²) in [5.41, 5.74) is 2.05. The highest BCUT2D eigenvalue weighted by Gasteiger charge is 2.25. The zero-order chi connectivity index (χ0) is 19.5. The van der Waals surface area contributed by atoms with Crippen molar-refractivity contribution in [2.45, 2.75) is 50.9 Å². The van der Waals surface area contributed by atoms with E-state index >= 15 is 0 Å². The number of aromatic nitrogens is 2. The molecule has 3 aromatic rings. The van der Waals surface area contributed by atoms with E-state index in [1.807, 2.05) is 36.4 Å². The van der Waals surface area contributed by atoms with E-state index < -0.39 is 5.92 Å². The SMILES string of the molecule is N#CC(C(=O)CCCc1ccccc1)c1nc2sc3c(c2c(=O)[nH]1)CCCC3. The van der Waals surface area contributed by atoms with Gasteiger partial charge in [0.1, 0.15) is 10.7 Å². The molecule has 2 aromatic heterocycles. The zero-order valence-electron chi connectivity index (χ0n) is 15.5. The van der Waals surface area contributed by atoms with Gasteiger partial charge < -0.3 is 4.98 Å². The van der Waals surface area contributed by atoms with Crippen molar-refractivity contribution in [3.63, 3.8) is 0 Å². The topological polar surface area (TPSA) is 86.6 Å². The van der Waals surface area contributed by atoms with Crippen molar-refractivity contribution in [1.29, 1.82) is 5.26 Å². The summed E-state index contributed by atoms with van der Waals surface area (Å²) in [6, 6.07) is 12.0. The molecule has 2 heterocycles. The highest BCUT2D eigenvalue weighted by atomic mass is 32.1. The van der Waals surface area contributed by atoms with Crippen LogP contribution in [0.5, 0.6) is 0 Å². The highest BCUT2D eigenvalue weighted by molar-refractivity contribution is 7.18. The molecule has 4 rings (SSSR count). The number of hydrogen-bond acceptors (Lipinski definition) is 5. The number of nitriles is 1. The van der Waals surface area contributed by atoms with Crippen molar-refractivity contribution >= 4 is 27.3 Å². The van der Waals surface area contributed by atoms with E-state index in [1.165, 1.54) is 21.8 Å². The average Bonchev–Trinajstić information content (AvgIpc) is 3.08. The Bertz CT molecular complexity index is 1110. The van der Waals surface area contributed by atoms with Crippen LogP contribution in [0.3, 0.4) is 0 Å². The molecular weight excluding hydrogens is 370 g/mol. The van der Waals surface area contributed by atoms with Gasteiger partial charge in [-0.15, -0.1) is 11.3 Å². The monoisotopic (exact) mass is 391 g/mol. The average molecular weight is 391 g/mol. The van der Waals surface area contributed by atoms with Gasteiger partial charge in [0.05, 0.1) is 11.5 Å². The molecule has 0 saturated heterocycles. The number of aromatic amines is 1. The number of H-pyrrole nitrogens is 1. The summed E-state index contributed by atoms with van der Waals surface area (Å²) in [6.45, 7) is 0. The third-order valence-corrected chi connectivity index (χ3v) is 6.49. The quantitative estimate of drug-likeness (QED) is 0.686. The molecule has 0 aliphatic heterocycles. The second-order valence-electron chi connectivity index (χ2n) is 7.21. The minimum atomic E-state index is -1.02. The van der Waals surface area contributed by atoms with E-state index in [1.54, 1.807) is 0 Å². The predicted octanol–water partition coefficient (Wildman–Crippen LogP) is 4.06. The van der Waals surface area contributed by atoms with Crippen LogP contribution >= 0.6 is 11.3 Å². The number of thiophene rings is 1. The van der Waals surface area contributed by atoms with Crippen LogP contribution in [-0.4, -0.2) is 15.8 Å². The highest BCUT2D eigenvalue weighted by Crippen LogP contribution is 2.34. The molecule has 1 aliphatic carbocycles. The number of ketones is 1. The molecule has 5 nitrogen and oxygen atoms in total.